The molecule has 0 saturated carbocycles. The van der Waals surface area contributed by atoms with Gasteiger partial charge in [0, 0.05) is 4.47 Å². The minimum Gasteiger partial charge on any atom is -0.369 e. The average molecular weight is 256 g/mol. The zero-order valence-corrected chi connectivity index (χ0v) is 9.08. The van der Waals surface area contributed by atoms with Crippen molar-refractivity contribution in [1.82, 2.24) is 5.32 Å². The van der Waals surface area contributed by atoms with Gasteiger partial charge in [-0.2, -0.15) is 0 Å². The molecule has 1 saturated heterocycles. The maximum absolute atomic E-state index is 11.1. The van der Waals surface area contributed by atoms with Crippen molar-refractivity contribution in [3.63, 3.8) is 0 Å². The van der Waals surface area contributed by atoms with Gasteiger partial charge in [-0.3, -0.25) is 4.79 Å². The van der Waals surface area contributed by atoms with Gasteiger partial charge >= 0.3 is 0 Å². The monoisotopic (exact) mass is 255 g/mol. The standard InChI is InChI=1S/C10H10BrNO2/c11-8-4-2-1-3-7(8)9-5-14-6-10(13)12-9/h1-4,9H,5-6H2,(H,12,13). The first-order chi connectivity index (χ1) is 6.77. The first-order valence-corrected chi connectivity index (χ1v) is 5.18. The van der Waals surface area contributed by atoms with E-state index in [1.54, 1.807) is 0 Å². The van der Waals surface area contributed by atoms with Gasteiger partial charge < -0.3 is 10.1 Å². The van der Waals surface area contributed by atoms with Gasteiger partial charge in [0.1, 0.15) is 6.61 Å². The third-order valence-corrected chi connectivity index (χ3v) is 2.86. The molecule has 0 bridgehead atoms. The van der Waals surface area contributed by atoms with E-state index in [2.05, 4.69) is 21.2 Å². The lowest BCUT2D eigenvalue weighted by molar-refractivity contribution is -0.131. The fourth-order valence-corrected chi connectivity index (χ4v) is 2.03. The number of halogens is 1. The Bertz CT molecular complexity index is 354. The van der Waals surface area contributed by atoms with E-state index in [-0.39, 0.29) is 18.6 Å². The van der Waals surface area contributed by atoms with E-state index in [0.717, 1.165) is 10.0 Å². The minimum absolute atomic E-state index is 0.0353. The molecule has 1 N–H and O–H groups in total. The lowest BCUT2D eigenvalue weighted by Crippen LogP contribution is -2.39. The first kappa shape index (κ1) is 9.68. The molecule has 1 amide bonds. The lowest BCUT2D eigenvalue weighted by atomic mass is 10.1. The zero-order valence-electron chi connectivity index (χ0n) is 7.50. The van der Waals surface area contributed by atoms with Gasteiger partial charge in [-0.25, -0.2) is 0 Å². The summed E-state index contributed by atoms with van der Waals surface area (Å²) in [7, 11) is 0. The van der Waals surface area contributed by atoms with E-state index in [1.165, 1.54) is 0 Å². The van der Waals surface area contributed by atoms with Crippen molar-refractivity contribution in [3.05, 3.63) is 34.3 Å². The van der Waals surface area contributed by atoms with Gasteiger partial charge in [-0.05, 0) is 11.6 Å². The van der Waals surface area contributed by atoms with Crippen LogP contribution in [0.25, 0.3) is 0 Å². The van der Waals surface area contributed by atoms with Crippen molar-refractivity contribution in [2.75, 3.05) is 13.2 Å². The molecule has 3 nitrogen and oxygen atoms in total. The molecule has 14 heavy (non-hydrogen) atoms. The van der Waals surface area contributed by atoms with Crippen LogP contribution in [0.5, 0.6) is 0 Å². The predicted molar refractivity (Wildman–Crippen MR) is 55.8 cm³/mol. The van der Waals surface area contributed by atoms with Crippen molar-refractivity contribution in [2.24, 2.45) is 0 Å². The highest BCUT2D eigenvalue weighted by Gasteiger charge is 2.21. The summed E-state index contributed by atoms with van der Waals surface area (Å²) in [4.78, 5) is 11.1. The van der Waals surface area contributed by atoms with Crippen LogP contribution in [0.4, 0.5) is 0 Å². The smallest absolute Gasteiger partial charge is 0.246 e. The predicted octanol–water partition coefficient (Wildman–Crippen LogP) is 1.64. The molecule has 1 aromatic rings. The maximum Gasteiger partial charge on any atom is 0.246 e. The van der Waals surface area contributed by atoms with E-state index in [0.29, 0.717) is 6.61 Å². The number of hydrogen-bond acceptors (Lipinski definition) is 2. The molecule has 1 unspecified atom stereocenters. The van der Waals surface area contributed by atoms with Crippen LogP contribution in [0.3, 0.4) is 0 Å². The quantitative estimate of drug-likeness (QED) is 0.829. The number of rotatable bonds is 1. The summed E-state index contributed by atoms with van der Waals surface area (Å²) >= 11 is 3.44. The van der Waals surface area contributed by atoms with Gasteiger partial charge in [-0.1, -0.05) is 34.1 Å². The fraction of sp³-hybridized carbons (Fsp3) is 0.300. The highest BCUT2D eigenvalue weighted by atomic mass is 79.9. The summed E-state index contributed by atoms with van der Waals surface area (Å²) in [6.07, 6.45) is 0. The molecular weight excluding hydrogens is 246 g/mol. The summed E-state index contributed by atoms with van der Waals surface area (Å²) in [5.74, 6) is -0.0583. The molecule has 1 aliphatic heterocycles. The number of ether oxygens (including phenoxy) is 1. The van der Waals surface area contributed by atoms with Crippen molar-refractivity contribution in [1.29, 1.82) is 0 Å². The number of nitrogens with one attached hydrogen (secondary N) is 1. The Morgan fingerprint density at radius 1 is 1.43 bits per heavy atom. The van der Waals surface area contributed by atoms with Crippen LogP contribution in [0, 0.1) is 0 Å². The largest absolute Gasteiger partial charge is 0.369 e. The minimum atomic E-state index is -0.0583. The van der Waals surface area contributed by atoms with E-state index in [4.69, 9.17) is 4.74 Å². The molecule has 74 valence electrons. The lowest BCUT2D eigenvalue weighted by Gasteiger charge is -2.24. The highest BCUT2D eigenvalue weighted by Crippen LogP contribution is 2.24. The number of carbonyl (C=O) groups excluding carboxylic acids is 1. The van der Waals surface area contributed by atoms with Crippen LogP contribution in [-0.4, -0.2) is 19.1 Å². The number of amides is 1. The molecule has 0 radical (unpaired) electrons. The Balaban J connectivity index is 2.22. The molecule has 0 aromatic heterocycles. The summed E-state index contributed by atoms with van der Waals surface area (Å²) < 4.78 is 6.17. The topological polar surface area (TPSA) is 38.3 Å². The summed E-state index contributed by atoms with van der Waals surface area (Å²) in [6.45, 7) is 0.704. The Labute approximate surface area is 90.6 Å². The molecule has 0 spiro atoms. The zero-order chi connectivity index (χ0) is 9.97. The van der Waals surface area contributed by atoms with Crippen molar-refractivity contribution >= 4 is 21.8 Å². The Morgan fingerprint density at radius 3 is 2.93 bits per heavy atom. The molecule has 1 atom stereocenters. The number of carbonyl (C=O) groups is 1. The molecule has 0 aliphatic carbocycles. The fourth-order valence-electron chi connectivity index (χ4n) is 1.47. The van der Waals surface area contributed by atoms with Crippen molar-refractivity contribution in [3.8, 4) is 0 Å². The van der Waals surface area contributed by atoms with Gasteiger partial charge in [0.2, 0.25) is 5.91 Å². The normalized spacial score (nSPS) is 21.8. The van der Waals surface area contributed by atoms with Gasteiger partial charge in [0.05, 0.1) is 12.6 Å². The second-order valence-corrected chi connectivity index (χ2v) is 4.01. The van der Waals surface area contributed by atoms with Crippen LogP contribution < -0.4 is 5.32 Å². The number of hydrogen-bond donors (Lipinski definition) is 1. The van der Waals surface area contributed by atoms with E-state index in [9.17, 15) is 4.79 Å². The first-order valence-electron chi connectivity index (χ1n) is 4.39. The number of morpholine rings is 1. The summed E-state index contributed by atoms with van der Waals surface area (Å²) in [6, 6.07) is 7.78. The van der Waals surface area contributed by atoms with Crippen LogP contribution in [0.1, 0.15) is 11.6 Å². The van der Waals surface area contributed by atoms with Gasteiger partial charge in [-0.15, -0.1) is 0 Å². The second kappa shape index (κ2) is 4.11. The molecule has 1 fully saturated rings. The van der Waals surface area contributed by atoms with Crippen LogP contribution in [0.15, 0.2) is 28.7 Å². The van der Waals surface area contributed by atoms with E-state index >= 15 is 0 Å². The van der Waals surface area contributed by atoms with Gasteiger partial charge in [0.15, 0.2) is 0 Å². The summed E-state index contributed by atoms with van der Waals surface area (Å²) in [5, 5.41) is 2.88. The maximum atomic E-state index is 11.1. The summed E-state index contributed by atoms with van der Waals surface area (Å²) in [5.41, 5.74) is 1.06. The highest BCUT2D eigenvalue weighted by molar-refractivity contribution is 9.10. The van der Waals surface area contributed by atoms with Crippen molar-refractivity contribution in [2.45, 2.75) is 6.04 Å². The Kier molecular flexibility index (Phi) is 2.84. The molecular formula is C10H10BrNO2. The van der Waals surface area contributed by atoms with Gasteiger partial charge in [0.25, 0.3) is 0 Å². The third kappa shape index (κ3) is 1.96. The van der Waals surface area contributed by atoms with Crippen LogP contribution in [0.2, 0.25) is 0 Å². The Hall–Kier alpha value is -0.870. The molecule has 1 aliphatic rings. The molecule has 1 aromatic carbocycles. The second-order valence-electron chi connectivity index (χ2n) is 3.16. The Morgan fingerprint density at radius 2 is 2.21 bits per heavy atom. The SMILES string of the molecule is O=C1COCC(c2ccccc2Br)N1. The molecule has 2 rings (SSSR count). The molecule has 1 heterocycles. The molecule has 4 heteroatoms. The van der Waals surface area contributed by atoms with E-state index in [1.807, 2.05) is 24.3 Å². The van der Waals surface area contributed by atoms with Crippen LogP contribution >= 0.6 is 15.9 Å². The van der Waals surface area contributed by atoms with E-state index < -0.39 is 0 Å². The third-order valence-electron chi connectivity index (χ3n) is 2.13. The number of benzene rings is 1. The van der Waals surface area contributed by atoms with Crippen molar-refractivity contribution < 1.29 is 9.53 Å². The average Bonchev–Trinajstić information content (AvgIpc) is 2.18. The van der Waals surface area contributed by atoms with Crippen LogP contribution in [-0.2, 0) is 9.53 Å².